The van der Waals surface area contributed by atoms with Gasteiger partial charge in [-0.15, -0.1) is 0 Å². The van der Waals surface area contributed by atoms with E-state index in [1.807, 2.05) is 6.92 Å². The van der Waals surface area contributed by atoms with E-state index in [-0.39, 0.29) is 30.1 Å². The fourth-order valence-corrected chi connectivity index (χ4v) is 8.12. The third kappa shape index (κ3) is 2.27. The van der Waals surface area contributed by atoms with Gasteiger partial charge in [-0.05, 0) is 99.7 Å². The second kappa shape index (κ2) is 5.96. The molecule has 24 heavy (non-hydrogen) atoms. The summed E-state index contributed by atoms with van der Waals surface area (Å²) in [6.07, 6.45) is 9.91. The van der Waals surface area contributed by atoms with Crippen LogP contribution in [0.4, 0.5) is 0 Å². The highest BCUT2D eigenvalue weighted by atomic mass is 16.3. The van der Waals surface area contributed by atoms with Crippen LogP contribution in [0, 0.1) is 40.4 Å². The number of fused-ring (bicyclic) bond motifs is 5. The summed E-state index contributed by atoms with van der Waals surface area (Å²) >= 11 is 0. The fourth-order valence-electron chi connectivity index (χ4n) is 8.12. The molecule has 4 fully saturated rings. The van der Waals surface area contributed by atoms with Gasteiger partial charge in [0.05, 0.1) is 12.2 Å². The Morgan fingerprint density at radius 3 is 2.50 bits per heavy atom. The van der Waals surface area contributed by atoms with E-state index in [9.17, 15) is 15.3 Å². The Labute approximate surface area is 146 Å². The van der Waals surface area contributed by atoms with Crippen molar-refractivity contribution in [2.24, 2.45) is 40.4 Å². The molecule has 0 heterocycles. The van der Waals surface area contributed by atoms with Crippen molar-refractivity contribution in [1.82, 2.24) is 0 Å². The third-order valence-electron chi connectivity index (χ3n) is 9.30. The summed E-state index contributed by atoms with van der Waals surface area (Å²) < 4.78 is 0. The Morgan fingerprint density at radius 2 is 1.79 bits per heavy atom. The zero-order chi connectivity index (χ0) is 17.1. The third-order valence-corrected chi connectivity index (χ3v) is 9.30. The van der Waals surface area contributed by atoms with Crippen LogP contribution in [0.1, 0.15) is 71.6 Å². The zero-order valence-corrected chi connectivity index (χ0v) is 15.5. The van der Waals surface area contributed by atoms with Crippen LogP contribution in [0.25, 0.3) is 0 Å². The number of aliphatic hydroxyl groups excluding tert-OH is 3. The van der Waals surface area contributed by atoms with Gasteiger partial charge in [0.1, 0.15) is 0 Å². The molecule has 3 N–H and O–H groups in total. The highest BCUT2D eigenvalue weighted by molar-refractivity contribution is 5.11. The maximum absolute atomic E-state index is 10.3. The Kier molecular flexibility index (Phi) is 4.29. The summed E-state index contributed by atoms with van der Waals surface area (Å²) in [6.45, 7) is 4.69. The van der Waals surface area contributed by atoms with E-state index >= 15 is 0 Å². The maximum atomic E-state index is 10.3. The lowest BCUT2D eigenvalue weighted by Crippen LogP contribution is -2.56. The summed E-state index contributed by atoms with van der Waals surface area (Å²) in [6, 6.07) is 0. The molecule has 0 aromatic rings. The molecule has 0 radical (unpaired) electrons. The molecule has 0 aromatic heterocycles. The van der Waals surface area contributed by atoms with Crippen LogP contribution in [0.3, 0.4) is 0 Å². The van der Waals surface area contributed by atoms with Gasteiger partial charge in [0.2, 0.25) is 0 Å². The minimum Gasteiger partial charge on any atom is -0.396 e. The molecule has 138 valence electrons. The number of aliphatic hydroxyl groups is 3. The van der Waals surface area contributed by atoms with Crippen LogP contribution < -0.4 is 0 Å². The maximum Gasteiger partial charge on any atom is 0.0546 e. The Bertz CT molecular complexity index is 478. The van der Waals surface area contributed by atoms with Crippen molar-refractivity contribution in [2.75, 3.05) is 6.61 Å². The molecule has 9 atom stereocenters. The first-order valence-electron chi connectivity index (χ1n) is 10.4. The van der Waals surface area contributed by atoms with E-state index in [0.717, 1.165) is 37.5 Å². The molecule has 0 aromatic carbocycles. The topological polar surface area (TPSA) is 60.7 Å². The Balaban J connectivity index is 1.62. The summed E-state index contributed by atoms with van der Waals surface area (Å²) in [5.74, 6) is 3.07. The molecule has 4 saturated carbocycles. The van der Waals surface area contributed by atoms with E-state index in [0.29, 0.717) is 17.3 Å². The van der Waals surface area contributed by atoms with Crippen LogP contribution in [-0.4, -0.2) is 34.1 Å². The van der Waals surface area contributed by atoms with Gasteiger partial charge >= 0.3 is 0 Å². The van der Waals surface area contributed by atoms with Crippen LogP contribution in [0.5, 0.6) is 0 Å². The van der Waals surface area contributed by atoms with Gasteiger partial charge in [-0.1, -0.05) is 6.92 Å². The predicted octanol–water partition coefficient (Wildman–Crippen LogP) is 3.36. The molecule has 0 saturated heterocycles. The molecule has 0 bridgehead atoms. The lowest BCUT2D eigenvalue weighted by atomic mass is 9.44. The Hall–Kier alpha value is -0.120. The Morgan fingerprint density at radius 1 is 1.00 bits per heavy atom. The molecule has 4 rings (SSSR count). The molecule has 0 amide bonds. The normalized spacial score (nSPS) is 55.4. The molecular formula is C21H36O3. The van der Waals surface area contributed by atoms with Crippen LogP contribution >= 0.6 is 0 Å². The van der Waals surface area contributed by atoms with E-state index in [2.05, 4.69) is 6.92 Å². The summed E-state index contributed by atoms with van der Waals surface area (Å²) in [7, 11) is 0. The van der Waals surface area contributed by atoms with Crippen molar-refractivity contribution in [2.45, 2.75) is 83.8 Å². The first kappa shape index (κ1) is 17.3. The fraction of sp³-hybridized carbons (Fsp3) is 1.00. The lowest BCUT2D eigenvalue weighted by Gasteiger charge is -2.61. The van der Waals surface area contributed by atoms with Gasteiger partial charge in [-0.3, -0.25) is 0 Å². The van der Waals surface area contributed by atoms with E-state index in [1.54, 1.807) is 0 Å². The molecule has 3 heteroatoms. The minimum atomic E-state index is -0.296. The summed E-state index contributed by atoms with van der Waals surface area (Å²) in [4.78, 5) is 0. The van der Waals surface area contributed by atoms with Crippen LogP contribution in [0.2, 0.25) is 0 Å². The number of rotatable bonds is 2. The van der Waals surface area contributed by atoms with Crippen molar-refractivity contribution in [1.29, 1.82) is 0 Å². The predicted molar refractivity (Wildman–Crippen MR) is 94.3 cm³/mol. The number of hydrogen-bond acceptors (Lipinski definition) is 3. The molecule has 0 spiro atoms. The van der Waals surface area contributed by atoms with Gasteiger partial charge in [-0.2, -0.15) is 0 Å². The lowest BCUT2D eigenvalue weighted by molar-refractivity contribution is -0.147. The molecule has 4 aliphatic carbocycles. The largest absolute Gasteiger partial charge is 0.396 e. The van der Waals surface area contributed by atoms with Crippen LogP contribution in [0.15, 0.2) is 0 Å². The van der Waals surface area contributed by atoms with Crippen molar-refractivity contribution in [3.05, 3.63) is 0 Å². The second-order valence-corrected chi connectivity index (χ2v) is 9.94. The molecule has 3 unspecified atom stereocenters. The van der Waals surface area contributed by atoms with E-state index in [1.165, 1.54) is 32.1 Å². The quantitative estimate of drug-likeness (QED) is 0.724. The molecule has 4 aliphatic rings. The second-order valence-electron chi connectivity index (χ2n) is 9.94. The first-order chi connectivity index (χ1) is 11.4. The van der Waals surface area contributed by atoms with Crippen molar-refractivity contribution in [3.8, 4) is 0 Å². The van der Waals surface area contributed by atoms with Gasteiger partial charge in [0.25, 0.3) is 0 Å². The highest BCUT2D eigenvalue weighted by Crippen LogP contribution is 2.67. The van der Waals surface area contributed by atoms with Gasteiger partial charge < -0.3 is 15.3 Å². The van der Waals surface area contributed by atoms with E-state index < -0.39 is 0 Å². The standard InChI is InChI=1S/C21H36O3/c1-13(23)17-5-6-19-16-4-3-14-11-15(24)7-9-20(14,2)18(16)8-10-21(17,19)12-22/h13-19,22-24H,3-12H2,1-2H3/t13?,14?,15?,16-,17-,18+,19+,20+,21+/m1/s1. The van der Waals surface area contributed by atoms with Gasteiger partial charge in [0.15, 0.2) is 0 Å². The average Bonchev–Trinajstić information content (AvgIpc) is 2.95. The minimum absolute atomic E-state index is 0.0211. The molecular weight excluding hydrogens is 300 g/mol. The number of hydrogen-bond donors (Lipinski definition) is 3. The van der Waals surface area contributed by atoms with Gasteiger partial charge in [-0.25, -0.2) is 0 Å². The highest BCUT2D eigenvalue weighted by Gasteiger charge is 2.62. The zero-order valence-electron chi connectivity index (χ0n) is 15.5. The smallest absolute Gasteiger partial charge is 0.0546 e. The van der Waals surface area contributed by atoms with Gasteiger partial charge in [0, 0.05) is 12.0 Å². The monoisotopic (exact) mass is 336 g/mol. The summed E-state index contributed by atoms with van der Waals surface area (Å²) in [5.41, 5.74) is 0.374. The average molecular weight is 337 g/mol. The van der Waals surface area contributed by atoms with Crippen molar-refractivity contribution >= 4 is 0 Å². The van der Waals surface area contributed by atoms with E-state index in [4.69, 9.17) is 0 Å². The SMILES string of the molecule is CC(O)[C@H]1CC[C@H]2[C@@H]3CCC4CC(O)CC[C@]4(C)[C@H]3CC[C@]12CO. The van der Waals surface area contributed by atoms with Crippen molar-refractivity contribution in [3.63, 3.8) is 0 Å². The molecule has 0 aliphatic heterocycles. The summed E-state index contributed by atoms with van der Waals surface area (Å²) in [5, 5.41) is 30.8. The van der Waals surface area contributed by atoms with Crippen LogP contribution in [-0.2, 0) is 0 Å². The molecule has 3 nitrogen and oxygen atoms in total. The first-order valence-corrected chi connectivity index (χ1v) is 10.4. The van der Waals surface area contributed by atoms with Crippen molar-refractivity contribution < 1.29 is 15.3 Å².